The van der Waals surface area contributed by atoms with Gasteiger partial charge in [-0.2, -0.15) is 0 Å². The Kier molecular flexibility index (Phi) is 5.60. The highest BCUT2D eigenvalue weighted by molar-refractivity contribution is 6.30. The molecule has 0 amide bonds. The zero-order chi connectivity index (χ0) is 10.2. The van der Waals surface area contributed by atoms with Crippen LogP contribution in [0.4, 0.5) is 0 Å². The molecule has 0 fully saturated rings. The van der Waals surface area contributed by atoms with Crippen LogP contribution in [0.1, 0.15) is 12.5 Å². The normalized spacial score (nSPS) is 10.4. The molecule has 0 N–H and O–H groups in total. The topological polar surface area (TPSA) is 18.5 Å². The van der Waals surface area contributed by atoms with Gasteiger partial charge in [-0.25, -0.2) is 0 Å². The summed E-state index contributed by atoms with van der Waals surface area (Å²) < 4.78 is 10.5. The van der Waals surface area contributed by atoms with E-state index in [1.807, 2.05) is 19.1 Å². The maximum Gasteiger partial charge on any atom is 0.0724 e. The van der Waals surface area contributed by atoms with Crippen molar-refractivity contribution in [3.05, 3.63) is 34.9 Å². The third-order valence-corrected chi connectivity index (χ3v) is 1.91. The minimum atomic E-state index is 0.560. The van der Waals surface area contributed by atoms with Crippen LogP contribution < -0.4 is 0 Å². The molecule has 1 aromatic rings. The second-order valence-electron chi connectivity index (χ2n) is 2.78. The molecular formula is C11H14ClO2. The fraction of sp³-hybridized carbons (Fsp3) is 0.455. The van der Waals surface area contributed by atoms with Crippen molar-refractivity contribution in [1.29, 1.82) is 0 Å². The van der Waals surface area contributed by atoms with Crippen LogP contribution in [0.3, 0.4) is 0 Å². The van der Waals surface area contributed by atoms with Crippen molar-refractivity contribution in [2.45, 2.75) is 13.5 Å². The number of hydrogen-bond acceptors (Lipinski definition) is 2. The summed E-state index contributed by atoms with van der Waals surface area (Å²) in [6.45, 7) is 4.52. The van der Waals surface area contributed by atoms with E-state index in [1.165, 1.54) is 0 Å². The van der Waals surface area contributed by atoms with Gasteiger partial charge < -0.3 is 9.47 Å². The zero-order valence-corrected chi connectivity index (χ0v) is 9.01. The lowest BCUT2D eigenvalue weighted by molar-refractivity contribution is 0.0452. The molecule has 0 atom stereocenters. The molecule has 3 heteroatoms. The van der Waals surface area contributed by atoms with Crippen molar-refractivity contribution in [3.8, 4) is 0 Å². The number of hydrogen-bond donors (Lipinski definition) is 0. The molecule has 2 nitrogen and oxygen atoms in total. The lowest BCUT2D eigenvalue weighted by Gasteiger charge is -2.04. The number of rotatable bonds is 6. The molecule has 0 aliphatic heterocycles. The van der Waals surface area contributed by atoms with Crippen LogP contribution in [-0.2, 0) is 16.1 Å². The van der Waals surface area contributed by atoms with Gasteiger partial charge in [0, 0.05) is 11.6 Å². The summed E-state index contributed by atoms with van der Waals surface area (Å²) in [6, 6.07) is 8.51. The minimum Gasteiger partial charge on any atom is -0.379 e. The van der Waals surface area contributed by atoms with Crippen LogP contribution in [0, 0.1) is 6.07 Å². The van der Waals surface area contributed by atoms with E-state index in [9.17, 15) is 0 Å². The Morgan fingerprint density at radius 1 is 1.29 bits per heavy atom. The van der Waals surface area contributed by atoms with Gasteiger partial charge in [0.2, 0.25) is 0 Å². The number of benzene rings is 1. The monoisotopic (exact) mass is 213 g/mol. The van der Waals surface area contributed by atoms with Gasteiger partial charge in [-0.05, 0) is 30.7 Å². The van der Waals surface area contributed by atoms with Crippen molar-refractivity contribution in [1.82, 2.24) is 0 Å². The third kappa shape index (κ3) is 4.61. The van der Waals surface area contributed by atoms with Crippen molar-refractivity contribution in [3.63, 3.8) is 0 Å². The van der Waals surface area contributed by atoms with Gasteiger partial charge in [0.15, 0.2) is 0 Å². The summed E-state index contributed by atoms with van der Waals surface area (Å²) in [5, 5.41) is 0.697. The van der Waals surface area contributed by atoms with E-state index in [-0.39, 0.29) is 0 Å². The fourth-order valence-electron chi connectivity index (χ4n) is 0.972. The lowest BCUT2D eigenvalue weighted by Crippen LogP contribution is -2.03. The van der Waals surface area contributed by atoms with Crippen molar-refractivity contribution < 1.29 is 9.47 Å². The summed E-state index contributed by atoms with van der Waals surface area (Å²) in [6.07, 6.45) is 0. The van der Waals surface area contributed by atoms with Crippen LogP contribution in [0.15, 0.2) is 18.2 Å². The summed E-state index contributed by atoms with van der Waals surface area (Å²) >= 11 is 5.72. The Balaban J connectivity index is 2.15. The van der Waals surface area contributed by atoms with E-state index in [4.69, 9.17) is 21.1 Å². The predicted molar refractivity (Wildman–Crippen MR) is 56.4 cm³/mol. The molecule has 0 saturated heterocycles. The largest absolute Gasteiger partial charge is 0.379 e. The van der Waals surface area contributed by atoms with E-state index in [0.29, 0.717) is 24.8 Å². The van der Waals surface area contributed by atoms with E-state index in [0.717, 1.165) is 12.2 Å². The predicted octanol–water partition coefficient (Wildman–Crippen LogP) is 2.69. The molecule has 1 aromatic carbocycles. The molecule has 77 valence electrons. The Morgan fingerprint density at radius 2 is 2.07 bits per heavy atom. The van der Waals surface area contributed by atoms with Crippen LogP contribution in [-0.4, -0.2) is 19.8 Å². The highest BCUT2D eigenvalue weighted by Gasteiger charge is 1.93. The highest BCUT2D eigenvalue weighted by Crippen LogP contribution is 2.09. The summed E-state index contributed by atoms with van der Waals surface area (Å²) in [7, 11) is 0. The summed E-state index contributed by atoms with van der Waals surface area (Å²) in [5.41, 5.74) is 1.01. The first-order valence-corrected chi connectivity index (χ1v) is 5.02. The summed E-state index contributed by atoms with van der Waals surface area (Å²) in [5.74, 6) is 0. The summed E-state index contributed by atoms with van der Waals surface area (Å²) in [4.78, 5) is 0. The maximum atomic E-state index is 5.72. The van der Waals surface area contributed by atoms with Crippen molar-refractivity contribution in [2.75, 3.05) is 19.8 Å². The molecule has 0 aliphatic rings. The third-order valence-electron chi connectivity index (χ3n) is 1.67. The maximum absolute atomic E-state index is 5.72. The smallest absolute Gasteiger partial charge is 0.0724 e. The standard InChI is InChI=1S/C11H14ClO2/c1-2-13-7-8-14-9-10-3-5-11(12)6-4-10/h3,5-6H,2,7-9H2,1H3. The first-order valence-electron chi connectivity index (χ1n) is 4.64. The number of ether oxygens (including phenoxy) is 2. The van der Waals surface area contributed by atoms with E-state index in [1.54, 1.807) is 6.07 Å². The zero-order valence-electron chi connectivity index (χ0n) is 8.25. The Bertz CT molecular complexity index is 246. The molecule has 0 aliphatic carbocycles. The van der Waals surface area contributed by atoms with Gasteiger partial charge in [0.1, 0.15) is 0 Å². The molecule has 0 heterocycles. The molecule has 1 radical (unpaired) electrons. The quantitative estimate of drug-likeness (QED) is 0.677. The van der Waals surface area contributed by atoms with E-state index >= 15 is 0 Å². The molecule has 14 heavy (non-hydrogen) atoms. The Labute approximate surface area is 89.8 Å². The molecule has 1 rings (SSSR count). The second kappa shape index (κ2) is 6.82. The Morgan fingerprint density at radius 3 is 2.71 bits per heavy atom. The molecule has 0 spiro atoms. The average molecular weight is 214 g/mol. The van der Waals surface area contributed by atoms with Gasteiger partial charge >= 0.3 is 0 Å². The van der Waals surface area contributed by atoms with E-state index in [2.05, 4.69) is 6.07 Å². The molecule has 0 unspecified atom stereocenters. The van der Waals surface area contributed by atoms with Gasteiger partial charge in [0.05, 0.1) is 19.8 Å². The first kappa shape index (κ1) is 11.5. The van der Waals surface area contributed by atoms with Gasteiger partial charge in [-0.15, -0.1) is 0 Å². The minimum absolute atomic E-state index is 0.560. The average Bonchev–Trinajstić information content (AvgIpc) is 2.21. The fourth-order valence-corrected chi connectivity index (χ4v) is 1.09. The van der Waals surface area contributed by atoms with Gasteiger partial charge in [-0.1, -0.05) is 17.7 Å². The molecule has 0 saturated carbocycles. The van der Waals surface area contributed by atoms with Crippen molar-refractivity contribution in [2.24, 2.45) is 0 Å². The second-order valence-corrected chi connectivity index (χ2v) is 3.22. The van der Waals surface area contributed by atoms with Gasteiger partial charge in [0.25, 0.3) is 0 Å². The van der Waals surface area contributed by atoms with E-state index < -0.39 is 0 Å². The first-order chi connectivity index (χ1) is 6.83. The van der Waals surface area contributed by atoms with Crippen LogP contribution in [0.5, 0.6) is 0 Å². The van der Waals surface area contributed by atoms with Gasteiger partial charge in [-0.3, -0.25) is 0 Å². The van der Waals surface area contributed by atoms with Crippen molar-refractivity contribution >= 4 is 11.6 Å². The lowest BCUT2D eigenvalue weighted by atomic mass is 10.2. The highest BCUT2D eigenvalue weighted by atomic mass is 35.5. The molecular weight excluding hydrogens is 200 g/mol. The van der Waals surface area contributed by atoms with Crippen LogP contribution in [0.2, 0.25) is 5.02 Å². The van der Waals surface area contributed by atoms with Crippen LogP contribution in [0.25, 0.3) is 0 Å². The molecule has 0 aromatic heterocycles. The Hall–Kier alpha value is -0.570. The number of halogens is 1. The SMILES string of the molecule is CCOCCOCc1[c]cc(Cl)cc1. The van der Waals surface area contributed by atoms with Crippen LogP contribution >= 0.6 is 11.6 Å². The molecule has 0 bridgehead atoms.